The van der Waals surface area contributed by atoms with E-state index in [2.05, 4.69) is 15.6 Å². The number of hydrazine groups is 2. The minimum Gasteiger partial charge on any atom is -0.504 e. The molecular weight excluding hydrogens is 688 g/mol. The number of phenolic OH excluding ortho intramolecular Hbond substituents is 2. The maximum absolute atomic E-state index is 13.4. The molecule has 19 nitrogen and oxygen atoms in total. The van der Waals surface area contributed by atoms with Crippen LogP contribution in [0.4, 0.5) is 9.93 Å². The van der Waals surface area contributed by atoms with Crippen LogP contribution in [0.5, 0.6) is 11.5 Å². The number of anilines is 1. The number of halogens is 1. The number of primary amides is 1. The standard InChI is InChI=1S/C25H26N8O11S2.ClH/c1-10(44-30-17(18(26)36)13-9-46-24(27)28-13)19(37)29-33(20(38)11-3-4-15(34)16(35)7-11)31(2)25(42)43-8-12-21(39)32-14(23(40)41)5-6-45-22(12)32;/h3-5,7,9-10,12,22,34-35H,6,8H2,1-2H3,(H2,26,36)(H2,27,28)(H,29,37)(H,40,41);1H/t10?,12?,22-;/m0./s1. The summed E-state index contributed by atoms with van der Waals surface area (Å²) in [6, 6.07) is 2.95. The van der Waals surface area contributed by atoms with Gasteiger partial charge in [0.1, 0.15) is 23.9 Å². The molecule has 5 amide bonds. The topological polar surface area (TPSA) is 281 Å². The third-order valence-electron chi connectivity index (χ3n) is 6.43. The fourth-order valence-corrected chi connectivity index (χ4v) is 5.80. The zero-order valence-corrected chi connectivity index (χ0v) is 26.7. The number of aromatic nitrogens is 1. The van der Waals surface area contributed by atoms with Crippen molar-refractivity contribution in [2.45, 2.75) is 18.4 Å². The van der Waals surface area contributed by atoms with Gasteiger partial charge in [0, 0.05) is 23.7 Å². The molecule has 0 saturated carbocycles. The Labute approximate surface area is 279 Å². The van der Waals surface area contributed by atoms with Crippen molar-refractivity contribution in [3.05, 3.63) is 46.6 Å². The summed E-state index contributed by atoms with van der Waals surface area (Å²) in [5.74, 6) is -6.85. The predicted molar refractivity (Wildman–Crippen MR) is 166 cm³/mol. The number of benzene rings is 1. The third kappa shape index (κ3) is 7.76. The smallest absolute Gasteiger partial charge is 0.430 e. The van der Waals surface area contributed by atoms with E-state index in [1.165, 1.54) is 30.1 Å². The Hall–Kier alpha value is -5.28. The average molecular weight is 715 g/mol. The molecule has 22 heteroatoms. The lowest BCUT2D eigenvalue weighted by atomic mass is 9.97. The number of carboxylic acid groups (broad SMARTS) is 1. The van der Waals surface area contributed by atoms with Gasteiger partial charge in [0.25, 0.3) is 17.7 Å². The van der Waals surface area contributed by atoms with Crippen LogP contribution in [-0.2, 0) is 28.8 Å². The quantitative estimate of drug-likeness (QED) is 0.0850. The predicted octanol–water partition coefficient (Wildman–Crippen LogP) is -0.190. The Bertz CT molecular complexity index is 1670. The summed E-state index contributed by atoms with van der Waals surface area (Å²) in [4.78, 5) is 85.4. The Morgan fingerprint density at radius 3 is 2.53 bits per heavy atom. The van der Waals surface area contributed by atoms with Crippen molar-refractivity contribution in [2.24, 2.45) is 16.8 Å². The highest BCUT2D eigenvalue weighted by Gasteiger charge is 2.52. The molecule has 2 unspecified atom stereocenters. The Morgan fingerprint density at radius 1 is 1.23 bits per heavy atom. The molecule has 3 heterocycles. The van der Waals surface area contributed by atoms with Gasteiger partial charge in [-0.2, -0.15) is 5.01 Å². The van der Waals surface area contributed by atoms with Crippen LogP contribution in [0.15, 0.2) is 40.5 Å². The highest BCUT2D eigenvalue weighted by molar-refractivity contribution is 8.00. The first-order chi connectivity index (χ1) is 21.7. The third-order valence-corrected chi connectivity index (χ3v) is 8.34. The lowest BCUT2D eigenvalue weighted by Gasteiger charge is -2.48. The largest absolute Gasteiger partial charge is 0.504 e. The first kappa shape index (κ1) is 36.2. The molecule has 8 N–H and O–H groups in total. The maximum Gasteiger partial charge on any atom is 0.430 e. The average Bonchev–Trinajstić information content (AvgIpc) is 3.44. The van der Waals surface area contributed by atoms with Crippen LogP contribution in [0.3, 0.4) is 0 Å². The summed E-state index contributed by atoms with van der Waals surface area (Å²) in [6.45, 7) is 0.708. The number of ether oxygens (including phenoxy) is 1. The molecule has 0 radical (unpaired) electrons. The SMILES string of the molecule is CC(ON=C(C(N)=O)c1csc(N)n1)C(=O)NN(C(=O)c1ccc(O)c(O)c1)N(C)C(=O)OCC1C(=O)N2C(C(=O)O)=CCS[C@@H]12.Cl. The summed E-state index contributed by atoms with van der Waals surface area (Å²) >= 11 is 2.26. The molecule has 2 aliphatic rings. The van der Waals surface area contributed by atoms with Crippen molar-refractivity contribution < 1.29 is 53.7 Å². The normalized spacial score (nSPS) is 17.5. The number of thioether (sulfide) groups is 1. The number of nitrogens with one attached hydrogen (secondary N) is 1. The van der Waals surface area contributed by atoms with Crippen molar-refractivity contribution in [3.8, 4) is 11.5 Å². The van der Waals surface area contributed by atoms with Gasteiger partial charge in [-0.3, -0.25) is 24.1 Å². The van der Waals surface area contributed by atoms with Crippen LogP contribution in [0.1, 0.15) is 23.0 Å². The molecule has 47 heavy (non-hydrogen) atoms. The van der Waals surface area contributed by atoms with Crippen molar-refractivity contribution in [2.75, 3.05) is 25.1 Å². The van der Waals surface area contributed by atoms with E-state index in [1.807, 2.05) is 0 Å². The second-order valence-electron chi connectivity index (χ2n) is 9.45. The molecule has 0 bridgehead atoms. The molecule has 2 aromatic rings. The van der Waals surface area contributed by atoms with E-state index < -0.39 is 76.9 Å². The second kappa shape index (κ2) is 14.9. The van der Waals surface area contributed by atoms with Crippen molar-refractivity contribution in [3.63, 3.8) is 0 Å². The summed E-state index contributed by atoms with van der Waals surface area (Å²) < 4.78 is 5.24. The van der Waals surface area contributed by atoms with E-state index in [9.17, 15) is 44.1 Å². The van der Waals surface area contributed by atoms with Crippen LogP contribution >= 0.6 is 35.5 Å². The monoisotopic (exact) mass is 714 g/mol. The van der Waals surface area contributed by atoms with Crippen LogP contribution in [0, 0.1) is 5.92 Å². The van der Waals surface area contributed by atoms with E-state index in [0.717, 1.165) is 41.5 Å². The number of rotatable bonds is 9. The molecule has 1 aromatic heterocycles. The van der Waals surface area contributed by atoms with E-state index in [0.29, 0.717) is 15.9 Å². The number of aromatic hydroxyl groups is 2. The van der Waals surface area contributed by atoms with Gasteiger partial charge in [-0.25, -0.2) is 20.0 Å². The summed E-state index contributed by atoms with van der Waals surface area (Å²) in [5.41, 5.74) is 12.1. The molecule has 4 rings (SSSR count). The van der Waals surface area contributed by atoms with E-state index in [-0.39, 0.29) is 34.5 Å². The lowest BCUT2D eigenvalue weighted by molar-refractivity contribution is -0.154. The van der Waals surface area contributed by atoms with Crippen LogP contribution in [-0.4, -0.2) is 108 Å². The first-order valence-electron chi connectivity index (χ1n) is 12.9. The number of fused-ring (bicyclic) bond motifs is 1. The summed E-state index contributed by atoms with van der Waals surface area (Å²) in [5, 5.41) is 34.3. The number of oxime groups is 1. The molecule has 1 aromatic carbocycles. The summed E-state index contributed by atoms with van der Waals surface area (Å²) in [6.07, 6.45) is -1.34. The number of nitrogens with two attached hydrogens (primary N) is 2. The minimum atomic E-state index is -1.52. The minimum absolute atomic E-state index is 0. The number of nitrogen functional groups attached to an aromatic ring is 1. The number of carbonyl (C=O) groups is 6. The maximum atomic E-state index is 13.4. The fraction of sp³-hybridized carbons (Fsp3) is 0.280. The number of nitrogens with zero attached hydrogens (tertiary/aromatic N) is 5. The van der Waals surface area contributed by atoms with Gasteiger partial charge >= 0.3 is 12.1 Å². The number of β-lactam (4-membered cyclic amide) rings is 1. The molecule has 1 saturated heterocycles. The highest BCUT2D eigenvalue weighted by atomic mass is 35.5. The number of amides is 5. The Morgan fingerprint density at radius 2 is 1.94 bits per heavy atom. The number of thiazole rings is 1. The highest BCUT2D eigenvalue weighted by Crippen LogP contribution is 2.41. The zero-order valence-electron chi connectivity index (χ0n) is 24.3. The van der Waals surface area contributed by atoms with Crippen LogP contribution < -0.4 is 16.9 Å². The van der Waals surface area contributed by atoms with Crippen molar-refractivity contribution in [1.82, 2.24) is 25.4 Å². The van der Waals surface area contributed by atoms with Gasteiger partial charge in [-0.1, -0.05) is 5.16 Å². The number of aliphatic carboxylic acids is 1. The van der Waals surface area contributed by atoms with Gasteiger partial charge < -0.3 is 36.4 Å². The zero-order chi connectivity index (χ0) is 33.9. The molecule has 252 valence electrons. The molecule has 0 spiro atoms. The van der Waals surface area contributed by atoms with Crippen LogP contribution in [0.25, 0.3) is 0 Å². The Balaban J connectivity index is 0.00000600. The van der Waals surface area contributed by atoms with Gasteiger partial charge in [-0.15, -0.1) is 40.6 Å². The number of hydrogen-bond acceptors (Lipinski definition) is 15. The number of hydrogen-bond donors (Lipinski definition) is 6. The molecule has 1 fully saturated rings. The molecule has 3 atom stereocenters. The van der Waals surface area contributed by atoms with Gasteiger partial charge in [0.15, 0.2) is 22.3 Å². The first-order valence-corrected chi connectivity index (χ1v) is 14.8. The molecule has 0 aliphatic carbocycles. The molecular formula is C25H27ClN8O11S2. The number of phenols is 2. The van der Waals surface area contributed by atoms with Gasteiger partial charge in [-0.05, 0) is 31.2 Å². The van der Waals surface area contributed by atoms with E-state index in [4.69, 9.17) is 21.0 Å². The van der Waals surface area contributed by atoms with Crippen molar-refractivity contribution >= 4 is 82.0 Å². The number of carbonyl (C=O) groups excluding carboxylic acids is 5. The fourth-order valence-electron chi connectivity index (χ4n) is 4.00. The lowest BCUT2D eigenvalue weighted by Crippen LogP contribution is -2.63. The van der Waals surface area contributed by atoms with Gasteiger partial charge in [0.05, 0.1) is 5.37 Å². The molecule has 2 aliphatic heterocycles. The van der Waals surface area contributed by atoms with E-state index in [1.54, 1.807) is 0 Å². The van der Waals surface area contributed by atoms with Crippen molar-refractivity contribution in [1.29, 1.82) is 0 Å². The van der Waals surface area contributed by atoms with Crippen LogP contribution in [0.2, 0.25) is 0 Å². The van der Waals surface area contributed by atoms with Gasteiger partial charge in [0.2, 0.25) is 12.0 Å². The summed E-state index contributed by atoms with van der Waals surface area (Å²) in [7, 11) is 1.04. The Kier molecular flexibility index (Phi) is 11.5. The number of carboxylic acids is 1. The second-order valence-corrected chi connectivity index (χ2v) is 11.5. The van der Waals surface area contributed by atoms with E-state index >= 15 is 0 Å².